The summed E-state index contributed by atoms with van der Waals surface area (Å²) in [5, 5.41) is 10.9. The van der Waals surface area contributed by atoms with Gasteiger partial charge in [-0.15, -0.1) is 0 Å². The van der Waals surface area contributed by atoms with Crippen LogP contribution in [0.2, 0.25) is 0 Å². The number of carbonyl (C=O) groups is 1. The maximum Gasteiger partial charge on any atom is 0.237 e. The third-order valence-electron chi connectivity index (χ3n) is 4.80. The summed E-state index contributed by atoms with van der Waals surface area (Å²) < 4.78 is 0. The van der Waals surface area contributed by atoms with Gasteiger partial charge in [-0.25, -0.2) is 0 Å². The first-order chi connectivity index (χ1) is 11.5. The number of aromatic nitrogens is 1. The summed E-state index contributed by atoms with van der Waals surface area (Å²) in [6.07, 6.45) is 0.440. The van der Waals surface area contributed by atoms with E-state index < -0.39 is 6.10 Å². The van der Waals surface area contributed by atoms with Crippen molar-refractivity contribution in [2.75, 3.05) is 19.6 Å². The average molecular weight is 329 g/mol. The molecule has 0 radical (unpaired) electrons. The minimum absolute atomic E-state index is 0.139. The second-order valence-corrected chi connectivity index (χ2v) is 7.07. The number of H-pyrrole nitrogens is 1. The molecule has 2 N–H and O–H groups in total. The van der Waals surface area contributed by atoms with Crippen molar-refractivity contribution in [1.82, 2.24) is 14.8 Å². The number of amides is 1. The summed E-state index contributed by atoms with van der Waals surface area (Å²) in [6, 6.07) is 8.51. The predicted molar refractivity (Wildman–Crippen MR) is 95.8 cm³/mol. The van der Waals surface area contributed by atoms with E-state index in [9.17, 15) is 9.90 Å². The van der Waals surface area contributed by atoms with Gasteiger partial charge in [-0.05, 0) is 26.8 Å². The molecule has 1 aliphatic rings. The zero-order valence-corrected chi connectivity index (χ0v) is 14.7. The Labute approximate surface area is 143 Å². The highest BCUT2D eigenvalue weighted by atomic mass is 16.3. The number of aliphatic hydroxyl groups excluding tert-OH is 1. The van der Waals surface area contributed by atoms with Crippen LogP contribution in [0.5, 0.6) is 0 Å². The third kappa shape index (κ3) is 3.47. The van der Waals surface area contributed by atoms with Crippen LogP contribution >= 0.6 is 0 Å². The first-order valence-corrected chi connectivity index (χ1v) is 8.74. The van der Waals surface area contributed by atoms with Crippen LogP contribution in [0, 0.1) is 0 Å². The average Bonchev–Trinajstić information content (AvgIpc) is 2.91. The molecule has 0 saturated carbocycles. The van der Waals surface area contributed by atoms with Crippen LogP contribution in [-0.2, 0) is 17.8 Å². The smallest absolute Gasteiger partial charge is 0.237 e. The van der Waals surface area contributed by atoms with Gasteiger partial charge in [0.25, 0.3) is 0 Å². The molecule has 1 aliphatic heterocycles. The molecule has 1 amide bonds. The summed E-state index contributed by atoms with van der Waals surface area (Å²) in [5.74, 6) is 0.139. The van der Waals surface area contributed by atoms with E-state index in [2.05, 4.69) is 31.0 Å². The standard InChI is InChI=1S/C19H27N3O2/c1-13(2)22(10-14(3)23)12-19(24)21-9-8-18-16(11-21)15-6-4-5-7-17(15)20-18/h4-7,13-14,20,23H,8-12H2,1-3H3. The van der Waals surface area contributed by atoms with Gasteiger partial charge in [-0.1, -0.05) is 18.2 Å². The highest BCUT2D eigenvalue weighted by Crippen LogP contribution is 2.27. The lowest BCUT2D eigenvalue weighted by molar-refractivity contribution is -0.134. The van der Waals surface area contributed by atoms with Crippen LogP contribution in [0.1, 0.15) is 32.0 Å². The molecule has 1 aromatic heterocycles. The van der Waals surface area contributed by atoms with E-state index in [0.29, 0.717) is 19.6 Å². The number of hydrogen-bond donors (Lipinski definition) is 2. The fourth-order valence-electron chi connectivity index (χ4n) is 3.45. The first kappa shape index (κ1) is 17.0. The van der Waals surface area contributed by atoms with E-state index in [-0.39, 0.29) is 11.9 Å². The Morgan fingerprint density at radius 3 is 2.79 bits per heavy atom. The van der Waals surface area contributed by atoms with Gasteiger partial charge in [0.05, 0.1) is 12.6 Å². The van der Waals surface area contributed by atoms with Gasteiger partial charge >= 0.3 is 0 Å². The van der Waals surface area contributed by atoms with Gasteiger partial charge in [0.15, 0.2) is 0 Å². The number of hydrogen-bond acceptors (Lipinski definition) is 3. The fourth-order valence-corrected chi connectivity index (χ4v) is 3.45. The van der Waals surface area contributed by atoms with Gasteiger partial charge in [-0.3, -0.25) is 9.69 Å². The van der Waals surface area contributed by atoms with E-state index in [1.54, 1.807) is 6.92 Å². The zero-order valence-electron chi connectivity index (χ0n) is 14.7. The van der Waals surface area contributed by atoms with Gasteiger partial charge in [0.1, 0.15) is 0 Å². The molecule has 1 atom stereocenters. The molecule has 3 rings (SSSR count). The van der Waals surface area contributed by atoms with Crippen LogP contribution in [0.4, 0.5) is 0 Å². The van der Waals surface area contributed by atoms with Crippen molar-refractivity contribution in [2.24, 2.45) is 0 Å². The highest BCUT2D eigenvalue weighted by molar-refractivity contribution is 5.86. The Bertz CT molecular complexity index is 720. The lowest BCUT2D eigenvalue weighted by Crippen LogP contribution is -2.46. The number of fused-ring (bicyclic) bond motifs is 3. The topological polar surface area (TPSA) is 59.6 Å². The molecule has 2 heterocycles. The Morgan fingerprint density at radius 1 is 1.33 bits per heavy atom. The van der Waals surface area contributed by atoms with Crippen molar-refractivity contribution >= 4 is 16.8 Å². The van der Waals surface area contributed by atoms with Crippen LogP contribution in [0.15, 0.2) is 24.3 Å². The molecule has 0 aliphatic carbocycles. The number of para-hydroxylation sites is 1. The lowest BCUT2D eigenvalue weighted by Gasteiger charge is -2.32. The summed E-state index contributed by atoms with van der Waals surface area (Å²) in [7, 11) is 0. The third-order valence-corrected chi connectivity index (χ3v) is 4.80. The van der Waals surface area contributed by atoms with Gasteiger partial charge < -0.3 is 15.0 Å². The SMILES string of the molecule is CC(O)CN(CC(=O)N1CCc2[nH]c3ccccc3c2C1)C(C)C. The summed E-state index contributed by atoms with van der Waals surface area (Å²) in [6.45, 7) is 8.18. The maximum absolute atomic E-state index is 12.8. The summed E-state index contributed by atoms with van der Waals surface area (Å²) >= 11 is 0. The maximum atomic E-state index is 12.8. The molecule has 0 bridgehead atoms. The quantitative estimate of drug-likeness (QED) is 0.883. The molecule has 5 nitrogen and oxygen atoms in total. The molecule has 2 aromatic rings. The molecular weight excluding hydrogens is 302 g/mol. The minimum Gasteiger partial charge on any atom is -0.392 e. The largest absolute Gasteiger partial charge is 0.392 e. The van der Waals surface area contributed by atoms with Crippen molar-refractivity contribution in [3.8, 4) is 0 Å². The van der Waals surface area contributed by atoms with Crippen molar-refractivity contribution in [1.29, 1.82) is 0 Å². The second-order valence-electron chi connectivity index (χ2n) is 7.07. The van der Waals surface area contributed by atoms with Crippen LogP contribution in [0.25, 0.3) is 10.9 Å². The Balaban J connectivity index is 1.73. The Hall–Kier alpha value is -1.85. The number of nitrogens with one attached hydrogen (secondary N) is 1. The molecule has 1 unspecified atom stereocenters. The molecule has 1 aromatic carbocycles. The predicted octanol–water partition coefficient (Wildman–Crippen LogP) is 2.14. The molecule has 24 heavy (non-hydrogen) atoms. The Kier molecular flexibility index (Phi) is 4.92. The van der Waals surface area contributed by atoms with Crippen molar-refractivity contribution in [3.63, 3.8) is 0 Å². The van der Waals surface area contributed by atoms with Crippen LogP contribution < -0.4 is 0 Å². The van der Waals surface area contributed by atoms with Crippen molar-refractivity contribution in [3.05, 3.63) is 35.5 Å². The van der Waals surface area contributed by atoms with Gasteiger partial charge in [0.2, 0.25) is 5.91 Å². The molecule has 5 heteroatoms. The Morgan fingerprint density at radius 2 is 2.08 bits per heavy atom. The number of rotatable bonds is 5. The van der Waals surface area contributed by atoms with Crippen LogP contribution in [0.3, 0.4) is 0 Å². The van der Waals surface area contributed by atoms with Gasteiger partial charge in [0, 0.05) is 54.3 Å². The number of aromatic amines is 1. The highest BCUT2D eigenvalue weighted by Gasteiger charge is 2.26. The van der Waals surface area contributed by atoms with Gasteiger partial charge in [-0.2, -0.15) is 0 Å². The zero-order chi connectivity index (χ0) is 17.3. The molecule has 130 valence electrons. The van der Waals surface area contributed by atoms with Crippen molar-refractivity contribution in [2.45, 2.75) is 45.9 Å². The molecule has 0 spiro atoms. The summed E-state index contributed by atoms with van der Waals surface area (Å²) in [5.41, 5.74) is 3.65. The van der Waals surface area contributed by atoms with Crippen molar-refractivity contribution < 1.29 is 9.90 Å². The second kappa shape index (κ2) is 6.95. The van der Waals surface area contributed by atoms with E-state index >= 15 is 0 Å². The van der Waals surface area contributed by atoms with E-state index in [4.69, 9.17) is 0 Å². The number of carbonyl (C=O) groups excluding carboxylic acids is 1. The van der Waals surface area contributed by atoms with E-state index in [1.807, 2.05) is 21.9 Å². The number of aliphatic hydroxyl groups is 1. The monoisotopic (exact) mass is 329 g/mol. The molecular formula is C19H27N3O2. The molecule has 0 fully saturated rings. The normalized spacial score (nSPS) is 16.0. The van der Waals surface area contributed by atoms with E-state index in [1.165, 1.54) is 16.6 Å². The number of nitrogens with zero attached hydrogens (tertiary/aromatic N) is 2. The molecule has 0 saturated heterocycles. The fraction of sp³-hybridized carbons (Fsp3) is 0.526. The lowest BCUT2D eigenvalue weighted by atomic mass is 10.0. The first-order valence-electron chi connectivity index (χ1n) is 8.74. The van der Waals surface area contributed by atoms with E-state index in [0.717, 1.165) is 18.5 Å². The van der Waals surface area contributed by atoms with Crippen LogP contribution in [-0.4, -0.2) is 57.6 Å². The summed E-state index contributed by atoms with van der Waals surface area (Å²) in [4.78, 5) is 20.2. The number of benzene rings is 1. The minimum atomic E-state index is -0.429.